The molecule has 3 rings (SSSR count). The van der Waals surface area contributed by atoms with Gasteiger partial charge in [-0.1, -0.05) is 0 Å². The van der Waals surface area contributed by atoms with Crippen LogP contribution in [0.4, 0.5) is 5.82 Å². The Hall–Kier alpha value is -1.36. The Morgan fingerprint density at radius 2 is 2.19 bits per heavy atom. The van der Waals surface area contributed by atoms with Gasteiger partial charge in [0.05, 0.1) is 6.10 Å². The SMILES string of the molecule is CC(C)Oc1cc(N(CC2CCCNC2)C2CC2)ncn1. The first-order chi connectivity index (χ1) is 10.2. The van der Waals surface area contributed by atoms with Crippen molar-refractivity contribution in [2.24, 2.45) is 5.92 Å². The molecule has 2 fully saturated rings. The van der Waals surface area contributed by atoms with Gasteiger partial charge in [-0.2, -0.15) is 0 Å². The number of anilines is 1. The van der Waals surface area contributed by atoms with Crippen molar-refractivity contribution in [1.82, 2.24) is 15.3 Å². The molecule has 116 valence electrons. The second-order valence-electron chi connectivity index (χ2n) is 6.48. The molecule has 0 aromatic carbocycles. The van der Waals surface area contributed by atoms with Crippen LogP contribution in [0.5, 0.6) is 5.88 Å². The monoisotopic (exact) mass is 290 g/mol. The highest BCUT2D eigenvalue weighted by Gasteiger charge is 2.32. The second kappa shape index (κ2) is 6.60. The highest BCUT2D eigenvalue weighted by atomic mass is 16.5. The zero-order valence-electron chi connectivity index (χ0n) is 13.1. The summed E-state index contributed by atoms with van der Waals surface area (Å²) < 4.78 is 5.71. The van der Waals surface area contributed by atoms with Crippen LogP contribution in [0.2, 0.25) is 0 Å². The first kappa shape index (κ1) is 14.6. The number of hydrogen-bond donors (Lipinski definition) is 1. The molecule has 1 atom stereocenters. The van der Waals surface area contributed by atoms with E-state index in [0.717, 1.165) is 24.8 Å². The fraction of sp³-hybridized carbons (Fsp3) is 0.750. The third-order valence-electron chi connectivity index (χ3n) is 4.12. The molecule has 1 aliphatic carbocycles. The van der Waals surface area contributed by atoms with E-state index in [4.69, 9.17) is 4.74 Å². The third kappa shape index (κ3) is 4.06. The summed E-state index contributed by atoms with van der Waals surface area (Å²) in [5.74, 6) is 2.43. The van der Waals surface area contributed by atoms with Crippen molar-refractivity contribution >= 4 is 5.82 Å². The molecular formula is C16H26N4O. The van der Waals surface area contributed by atoms with Gasteiger partial charge < -0.3 is 15.0 Å². The van der Waals surface area contributed by atoms with Crippen LogP contribution in [-0.2, 0) is 0 Å². The lowest BCUT2D eigenvalue weighted by molar-refractivity contribution is 0.232. The molecule has 1 saturated heterocycles. The van der Waals surface area contributed by atoms with Gasteiger partial charge in [-0.3, -0.25) is 0 Å². The van der Waals surface area contributed by atoms with E-state index in [9.17, 15) is 0 Å². The molecule has 0 spiro atoms. The smallest absolute Gasteiger partial charge is 0.218 e. The summed E-state index contributed by atoms with van der Waals surface area (Å²) >= 11 is 0. The Morgan fingerprint density at radius 1 is 1.33 bits per heavy atom. The van der Waals surface area contributed by atoms with E-state index in [1.165, 1.54) is 32.2 Å². The number of aromatic nitrogens is 2. The minimum absolute atomic E-state index is 0.143. The summed E-state index contributed by atoms with van der Waals surface area (Å²) in [6, 6.07) is 2.66. The summed E-state index contributed by atoms with van der Waals surface area (Å²) in [6.07, 6.45) is 6.94. The molecule has 0 bridgehead atoms. The molecule has 1 aromatic rings. The Labute approximate surface area is 127 Å². The number of hydrogen-bond acceptors (Lipinski definition) is 5. The number of nitrogens with one attached hydrogen (secondary N) is 1. The summed E-state index contributed by atoms with van der Waals surface area (Å²) in [4.78, 5) is 11.2. The van der Waals surface area contributed by atoms with Crippen molar-refractivity contribution in [2.45, 2.75) is 51.7 Å². The molecular weight excluding hydrogens is 264 g/mol. The Kier molecular flexibility index (Phi) is 4.58. The van der Waals surface area contributed by atoms with Crippen molar-refractivity contribution in [3.63, 3.8) is 0 Å². The third-order valence-corrected chi connectivity index (χ3v) is 4.12. The van der Waals surface area contributed by atoms with Gasteiger partial charge in [-0.25, -0.2) is 9.97 Å². The lowest BCUT2D eigenvalue weighted by Crippen LogP contribution is -2.39. The maximum Gasteiger partial charge on any atom is 0.218 e. The van der Waals surface area contributed by atoms with Gasteiger partial charge in [0, 0.05) is 18.7 Å². The molecule has 0 radical (unpaired) electrons. The maximum absolute atomic E-state index is 5.71. The highest BCUT2D eigenvalue weighted by Crippen LogP contribution is 2.33. The Bertz CT molecular complexity index is 455. The highest BCUT2D eigenvalue weighted by molar-refractivity contribution is 5.43. The van der Waals surface area contributed by atoms with Gasteiger partial charge in [0.25, 0.3) is 0 Å². The predicted molar refractivity (Wildman–Crippen MR) is 83.8 cm³/mol. The molecule has 1 aromatic heterocycles. The molecule has 2 aliphatic rings. The normalized spacial score (nSPS) is 22.3. The minimum Gasteiger partial charge on any atom is -0.475 e. The summed E-state index contributed by atoms with van der Waals surface area (Å²) in [5, 5.41) is 3.50. The van der Waals surface area contributed by atoms with Gasteiger partial charge in [0.2, 0.25) is 5.88 Å². The summed E-state index contributed by atoms with van der Waals surface area (Å²) in [7, 11) is 0. The molecule has 0 amide bonds. The molecule has 5 nitrogen and oxygen atoms in total. The van der Waals surface area contributed by atoms with Crippen LogP contribution in [0.15, 0.2) is 12.4 Å². The first-order valence-electron chi connectivity index (χ1n) is 8.18. The maximum atomic E-state index is 5.71. The average Bonchev–Trinajstić information content (AvgIpc) is 3.30. The van der Waals surface area contributed by atoms with Gasteiger partial charge >= 0.3 is 0 Å². The fourth-order valence-electron chi connectivity index (χ4n) is 2.97. The lowest BCUT2D eigenvalue weighted by atomic mass is 9.99. The van der Waals surface area contributed by atoms with E-state index in [-0.39, 0.29) is 6.10 Å². The van der Waals surface area contributed by atoms with E-state index < -0.39 is 0 Å². The van der Waals surface area contributed by atoms with Gasteiger partial charge in [-0.05, 0) is 58.5 Å². The molecule has 5 heteroatoms. The first-order valence-corrected chi connectivity index (χ1v) is 8.18. The summed E-state index contributed by atoms with van der Waals surface area (Å²) in [6.45, 7) is 7.43. The molecule has 2 heterocycles. The van der Waals surface area contributed by atoms with Gasteiger partial charge in [0.15, 0.2) is 0 Å². The molecule has 1 N–H and O–H groups in total. The Balaban J connectivity index is 1.70. The van der Waals surface area contributed by atoms with Crippen molar-refractivity contribution in [1.29, 1.82) is 0 Å². The zero-order chi connectivity index (χ0) is 14.7. The lowest BCUT2D eigenvalue weighted by Gasteiger charge is -2.31. The van der Waals surface area contributed by atoms with Gasteiger partial charge in [-0.15, -0.1) is 0 Å². The minimum atomic E-state index is 0.143. The van der Waals surface area contributed by atoms with Crippen LogP contribution in [0.1, 0.15) is 39.5 Å². The number of nitrogens with zero attached hydrogens (tertiary/aromatic N) is 3. The van der Waals surface area contributed by atoms with E-state index in [1.54, 1.807) is 6.33 Å². The van der Waals surface area contributed by atoms with E-state index >= 15 is 0 Å². The van der Waals surface area contributed by atoms with Crippen molar-refractivity contribution < 1.29 is 4.74 Å². The van der Waals surface area contributed by atoms with Gasteiger partial charge in [0.1, 0.15) is 12.1 Å². The van der Waals surface area contributed by atoms with E-state index in [2.05, 4.69) is 20.2 Å². The van der Waals surface area contributed by atoms with Crippen molar-refractivity contribution in [3.8, 4) is 5.88 Å². The van der Waals surface area contributed by atoms with Crippen molar-refractivity contribution in [2.75, 3.05) is 24.5 Å². The number of rotatable bonds is 6. The second-order valence-corrected chi connectivity index (χ2v) is 6.48. The van der Waals surface area contributed by atoms with Crippen LogP contribution in [0, 0.1) is 5.92 Å². The van der Waals surface area contributed by atoms with E-state index in [0.29, 0.717) is 11.9 Å². The van der Waals surface area contributed by atoms with Crippen LogP contribution in [0.25, 0.3) is 0 Å². The quantitative estimate of drug-likeness (QED) is 0.870. The number of ether oxygens (including phenoxy) is 1. The van der Waals surface area contributed by atoms with Crippen LogP contribution >= 0.6 is 0 Å². The van der Waals surface area contributed by atoms with E-state index in [1.807, 2.05) is 19.9 Å². The van der Waals surface area contributed by atoms with Crippen molar-refractivity contribution in [3.05, 3.63) is 12.4 Å². The topological polar surface area (TPSA) is 50.3 Å². The van der Waals surface area contributed by atoms with Crippen LogP contribution in [-0.4, -0.2) is 41.7 Å². The molecule has 1 aliphatic heterocycles. The largest absolute Gasteiger partial charge is 0.475 e. The Morgan fingerprint density at radius 3 is 2.86 bits per heavy atom. The summed E-state index contributed by atoms with van der Waals surface area (Å²) in [5.41, 5.74) is 0. The zero-order valence-corrected chi connectivity index (χ0v) is 13.1. The molecule has 21 heavy (non-hydrogen) atoms. The average molecular weight is 290 g/mol. The predicted octanol–water partition coefficient (Wildman–Crippen LogP) is 2.23. The standard InChI is InChI=1S/C16H26N4O/c1-12(2)21-16-8-15(18-11-19-16)20(14-5-6-14)10-13-4-3-7-17-9-13/h8,11-14,17H,3-7,9-10H2,1-2H3. The van der Waals surface area contributed by atoms with Crippen LogP contribution in [0.3, 0.4) is 0 Å². The molecule has 1 saturated carbocycles. The number of piperidine rings is 1. The van der Waals surface area contributed by atoms with Crippen LogP contribution < -0.4 is 15.0 Å². The fourth-order valence-corrected chi connectivity index (χ4v) is 2.97. The molecule has 1 unspecified atom stereocenters.